The molecule has 0 saturated heterocycles. The first-order chi connectivity index (χ1) is 8.56. The second-order valence-electron chi connectivity index (χ2n) is 4.79. The average molecular weight is 269 g/mol. The molecule has 1 aromatic heterocycles. The summed E-state index contributed by atoms with van der Waals surface area (Å²) in [4.78, 5) is 14.6. The number of likely N-dealkylation sites (N-methyl/N-ethyl adjacent to an activating group) is 1. The van der Waals surface area contributed by atoms with Crippen LogP contribution in [0.3, 0.4) is 0 Å². The molecule has 1 heterocycles. The van der Waals surface area contributed by atoms with Gasteiger partial charge >= 0.3 is 5.97 Å². The number of hydrogen-bond donors (Lipinski definition) is 1. The number of hydrogen-bond acceptors (Lipinski definition) is 3. The number of carboxylic acids is 1. The van der Waals surface area contributed by atoms with Crippen LogP contribution in [0.25, 0.3) is 0 Å². The number of thiophene rings is 1. The lowest BCUT2D eigenvalue weighted by molar-refractivity contribution is -0.143. The van der Waals surface area contributed by atoms with Crippen LogP contribution < -0.4 is 0 Å². The molecule has 18 heavy (non-hydrogen) atoms. The number of carbonyl (C=O) groups is 1. The van der Waals surface area contributed by atoms with Crippen LogP contribution in [0.1, 0.15) is 38.0 Å². The largest absolute Gasteiger partial charge is 0.480 e. The zero-order chi connectivity index (χ0) is 13.5. The third kappa shape index (κ3) is 4.42. The van der Waals surface area contributed by atoms with Crippen molar-refractivity contribution in [2.24, 2.45) is 0 Å². The summed E-state index contributed by atoms with van der Waals surface area (Å²) >= 11 is 1.73. The Labute approximate surface area is 113 Å². The fourth-order valence-electron chi connectivity index (χ4n) is 2.07. The normalized spacial score (nSPS) is 14.7. The summed E-state index contributed by atoms with van der Waals surface area (Å²) < 4.78 is 0. The molecule has 3 nitrogen and oxygen atoms in total. The monoisotopic (exact) mass is 269 g/mol. The number of aliphatic carboxylic acids is 1. The van der Waals surface area contributed by atoms with Crippen LogP contribution >= 0.6 is 11.3 Å². The van der Waals surface area contributed by atoms with Gasteiger partial charge in [0.25, 0.3) is 0 Å². The summed E-state index contributed by atoms with van der Waals surface area (Å²) in [5.41, 5.74) is 0. The molecule has 1 N–H and O–H groups in total. The van der Waals surface area contributed by atoms with Crippen LogP contribution in [0.15, 0.2) is 17.5 Å². The van der Waals surface area contributed by atoms with Gasteiger partial charge in [0, 0.05) is 10.9 Å². The third-order valence-corrected chi connectivity index (χ3v) is 4.28. The van der Waals surface area contributed by atoms with Gasteiger partial charge < -0.3 is 5.11 Å². The quantitative estimate of drug-likeness (QED) is 0.787. The maximum atomic E-state index is 11.3. The summed E-state index contributed by atoms with van der Waals surface area (Å²) in [6.07, 6.45) is 3.66. The van der Waals surface area contributed by atoms with Gasteiger partial charge in [-0.2, -0.15) is 0 Å². The lowest BCUT2D eigenvalue weighted by Crippen LogP contribution is -2.44. The van der Waals surface area contributed by atoms with Gasteiger partial charge in [0.1, 0.15) is 6.04 Å². The van der Waals surface area contributed by atoms with E-state index in [0.29, 0.717) is 0 Å². The van der Waals surface area contributed by atoms with Gasteiger partial charge in [0.2, 0.25) is 0 Å². The number of nitrogens with zero attached hydrogens (tertiary/aromatic N) is 1. The first-order valence-corrected chi connectivity index (χ1v) is 7.41. The Hall–Kier alpha value is -0.870. The predicted octanol–water partition coefficient (Wildman–Crippen LogP) is 3.25. The zero-order valence-electron chi connectivity index (χ0n) is 11.4. The lowest BCUT2D eigenvalue weighted by atomic mass is 10.1. The highest BCUT2D eigenvalue weighted by Crippen LogP contribution is 2.17. The fourth-order valence-corrected chi connectivity index (χ4v) is 2.90. The average Bonchev–Trinajstić information content (AvgIpc) is 2.81. The van der Waals surface area contributed by atoms with Crippen LogP contribution in [0.4, 0.5) is 0 Å². The number of rotatable bonds is 8. The minimum atomic E-state index is -0.705. The summed E-state index contributed by atoms with van der Waals surface area (Å²) in [7, 11) is 1.92. The van der Waals surface area contributed by atoms with Crippen LogP contribution in [0.2, 0.25) is 0 Å². The fraction of sp³-hybridized carbons (Fsp3) is 0.643. The zero-order valence-corrected chi connectivity index (χ0v) is 12.2. The summed E-state index contributed by atoms with van der Waals surface area (Å²) in [6.45, 7) is 4.19. The number of unbranched alkanes of at least 4 members (excludes halogenated alkanes) is 1. The highest BCUT2D eigenvalue weighted by molar-refractivity contribution is 7.09. The Kier molecular flexibility index (Phi) is 6.36. The van der Waals surface area contributed by atoms with Crippen LogP contribution in [-0.4, -0.2) is 35.1 Å². The SMILES string of the molecule is CCCCC(C(=O)O)N(C)C(C)Cc1cccs1. The van der Waals surface area contributed by atoms with Crippen molar-refractivity contribution >= 4 is 17.3 Å². The Balaban J connectivity index is 2.58. The van der Waals surface area contributed by atoms with Gasteiger partial charge in [-0.05, 0) is 38.3 Å². The Morgan fingerprint density at radius 3 is 2.78 bits per heavy atom. The topological polar surface area (TPSA) is 40.5 Å². The molecule has 0 fully saturated rings. The summed E-state index contributed by atoms with van der Waals surface area (Å²) in [5.74, 6) is -0.705. The van der Waals surface area contributed by atoms with E-state index < -0.39 is 5.97 Å². The van der Waals surface area contributed by atoms with Crippen molar-refractivity contribution in [3.63, 3.8) is 0 Å². The van der Waals surface area contributed by atoms with Gasteiger partial charge in [-0.15, -0.1) is 11.3 Å². The maximum absolute atomic E-state index is 11.3. The van der Waals surface area contributed by atoms with Crippen molar-refractivity contribution in [1.29, 1.82) is 0 Å². The summed E-state index contributed by atoms with van der Waals surface area (Å²) in [6, 6.07) is 4.04. The molecule has 4 heteroatoms. The molecule has 0 aliphatic carbocycles. The van der Waals surface area contributed by atoms with Crippen LogP contribution in [0.5, 0.6) is 0 Å². The van der Waals surface area contributed by atoms with E-state index in [-0.39, 0.29) is 12.1 Å². The molecular weight excluding hydrogens is 246 g/mol. The van der Waals surface area contributed by atoms with Crippen molar-refractivity contribution in [2.45, 2.75) is 51.6 Å². The molecule has 0 aliphatic rings. The molecule has 0 saturated carbocycles. The van der Waals surface area contributed by atoms with Gasteiger partial charge in [-0.3, -0.25) is 9.69 Å². The molecular formula is C14H23NO2S. The molecule has 0 aliphatic heterocycles. The highest BCUT2D eigenvalue weighted by atomic mass is 32.1. The standard InChI is InChI=1S/C14H23NO2S/c1-4-5-8-13(14(16)17)15(3)11(2)10-12-7-6-9-18-12/h6-7,9,11,13H,4-5,8,10H2,1-3H3,(H,16,17). The lowest BCUT2D eigenvalue weighted by Gasteiger charge is -2.30. The van der Waals surface area contributed by atoms with E-state index in [4.69, 9.17) is 0 Å². The Morgan fingerprint density at radius 2 is 2.28 bits per heavy atom. The van der Waals surface area contributed by atoms with E-state index in [1.807, 2.05) is 18.0 Å². The molecule has 0 spiro atoms. The molecule has 2 unspecified atom stereocenters. The second-order valence-corrected chi connectivity index (χ2v) is 5.83. The van der Waals surface area contributed by atoms with E-state index >= 15 is 0 Å². The van der Waals surface area contributed by atoms with E-state index in [1.165, 1.54) is 4.88 Å². The van der Waals surface area contributed by atoms with Gasteiger partial charge in [0.15, 0.2) is 0 Å². The third-order valence-electron chi connectivity index (χ3n) is 3.38. The Bertz CT molecular complexity index is 351. The molecule has 2 atom stereocenters. The second kappa shape index (κ2) is 7.54. The molecule has 0 aromatic carbocycles. The predicted molar refractivity (Wildman–Crippen MR) is 76.2 cm³/mol. The molecule has 0 bridgehead atoms. The minimum Gasteiger partial charge on any atom is -0.480 e. The first-order valence-electron chi connectivity index (χ1n) is 6.53. The number of carboxylic acid groups (broad SMARTS) is 1. The molecule has 0 radical (unpaired) electrons. The van der Waals surface area contributed by atoms with E-state index in [9.17, 15) is 9.90 Å². The van der Waals surface area contributed by atoms with E-state index in [0.717, 1.165) is 25.7 Å². The minimum absolute atomic E-state index is 0.251. The van der Waals surface area contributed by atoms with Gasteiger partial charge in [-0.1, -0.05) is 25.8 Å². The Morgan fingerprint density at radius 1 is 1.56 bits per heavy atom. The molecule has 102 valence electrons. The van der Waals surface area contributed by atoms with Crippen molar-refractivity contribution in [3.8, 4) is 0 Å². The van der Waals surface area contributed by atoms with Gasteiger partial charge in [-0.25, -0.2) is 0 Å². The summed E-state index contributed by atoms with van der Waals surface area (Å²) in [5, 5.41) is 11.4. The molecule has 0 amide bonds. The van der Waals surface area contributed by atoms with E-state index in [1.54, 1.807) is 11.3 Å². The maximum Gasteiger partial charge on any atom is 0.320 e. The molecule has 1 aromatic rings. The van der Waals surface area contributed by atoms with Crippen molar-refractivity contribution in [2.75, 3.05) is 7.05 Å². The van der Waals surface area contributed by atoms with Crippen molar-refractivity contribution in [1.82, 2.24) is 4.90 Å². The molecule has 1 rings (SSSR count). The van der Waals surface area contributed by atoms with Crippen LogP contribution in [-0.2, 0) is 11.2 Å². The van der Waals surface area contributed by atoms with Crippen LogP contribution in [0, 0.1) is 0 Å². The highest BCUT2D eigenvalue weighted by Gasteiger charge is 2.25. The van der Waals surface area contributed by atoms with E-state index in [2.05, 4.69) is 25.3 Å². The van der Waals surface area contributed by atoms with Crippen molar-refractivity contribution in [3.05, 3.63) is 22.4 Å². The first kappa shape index (κ1) is 15.2. The van der Waals surface area contributed by atoms with Gasteiger partial charge in [0.05, 0.1) is 0 Å². The smallest absolute Gasteiger partial charge is 0.320 e. The van der Waals surface area contributed by atoms with Crippen molar-refractivity contribution < 1.29 is 9.90 Å².